The third-order valence-electron chi connectivity index (χ3n) is 3.50. The van der Waals surface area contributed by atoms with Gasteiger partial charge in [0.15, 0.2) is 0 Å². The largest absolute Gasteiger partial charge is 0.491 e. The van der Waals surface area contributed by atoms with Gasteiger partial charge in [-0.05, 0) is 36.4 Å². The lowest BCUT2D eigenvalue weighted by Gasteiger charge is -2.11. The van der Waals surface area contributed by atoms with Crippen LogP contribution in [0.5, 0.6) is 5.75 Å². The fourth-order valence-corrected chi connectivity index (χ4v) is 2.19. The van der Waals surface area contributed by atoms with Gasteiger partial charge in [0.1, 0.15) is 12.4 Å². The van der Waals surface area contributed by atoms with E-state index in [0.29, 0.717) is 42.3 Å². The average Bonchev–Trinajstić information content (AvgIpc) is 2.67. The Bertz CT molecular complexity index is 757. The van der Waals surface area contributed by atoms with E-state index in [1.807, 2.05) is 0 Å². The first-order chi connectivity index (χ1) is 12.7. The van der Waals surface area contributed by atoms with Crippen LogP contribution < -0.4 is 15.4 Å². The molecule has 0 bridgehead atoms. The summed E-state index contributed by atoms with van der Waals surface area (Å²) in [6.07, 6.45) is 1.59. The van der Waals surface area contributed by atoms with Crippen molar-refractivity contribution in [3.05, 3.63) is 72.3 Å². The summed E-state index contributed by atoms with van der Waals surface area (Å²) in [5, 5.41) is 5.47. The number of benzene rings is 2. The molecule has 0 aliphatic heterocycles. The van der Waals surface area contributed by atoms with Gasteiger partial charge in [-0.2, -0.15) is 0 Å². The van der Waals surface area contributed by atoms with E-state index in [4.69, 9.17) is 9.47 Å². The molecule has 0 atom stereocenters. The van der Waals surface area contributed by atoms with Crippen LogP contribution in [-0.4, -0.2) is 38.7 Å². The van der Waals surface area contributed by atoms with Crippen molar-refractivity contribution in [2.75, 3.05) is 32.2 Å². The molecule has 26 heavy (non-hydrogen) atoms. The van der Waals surface area contributed by atoms with Crippen LogP contribution in [0.25, 0.3) is 0 Å². The number of ether oxygens (including phenoxy) is 2. The molecule has 2 rings (SSSR count). The van der Waals surface area contributed by atoms with Crippen molar-refractivity contribution in [3.63, 3.8) is 0 Å². The Hall–Kier alpha value is -3.12. The first-order valence-electron chi connectivity index (χ1n) is 8.17. The molecule has 2 aromatic carbocycles. The van der Waals surface area contributed by atoms with Gasteiger partial charge in [0.2, 0.25) is 0 Å². The molecule has 0 aliphatic rings. The smallest absolute Gasteiger partial charge is 0.255 e. The van der Waals surface area contributed by atoms with E-state index in [0.717, 1.165) is 0 Å². The van der Waals surface area contributed by atoms with Crippen LogP contribution in [0.1, 0.15) is 20.7 Å². The van der Waals surface area contributed by atoms with Crippen LogP contribution in [0.3, 0.4) is 0 Å². The third-order valence-corrected chi connectivity index (χ3v) is 3.50. The van der Waals surface area contributed by atoms with Crippen molar-refractivity contribution >= 4 is 17.5 Å². The van der Waals surface area contributed by atoms with Gasteiger partial charge in [-0.15, -0.1) is 6.58 Å². The van der Waals surface area contributed by atoms with Crippen molar-refractivity contribution in [2.24, 2.45) is 0 Å². The SMILES string of the molecule is C=CCNC(=O)c1ccccc1NC(=O)c1ccc(OCCOC)cc1. The zero-order chi connectivity index (χ0) is 18.8. The molecule has 2 aromatic rings. The van der Waals surface area contributed by atoms with Crippen LogP contribution in [0.2, 0.25) is 0 Å². The molecule has 0 heterocycles. The molecular weight excluding hydrogens is 332 g/mol. The van der Waals surface area contributed by atoms with Gasteiger partial charge < -0.3 is 20.1 Å². The summed E-state index contributed by atoms with van der Waals surface area (Å²) in [6, 6.07) is 13.6. The molecule has 6 heteroatoms. The van der Waals surface area contributed by atoms with Gasteiger partial charge in [-0.3, -0.25) is 9.59 Å². The topological polar surface area (TPSA) is 76.7 Å². The minimum absolute atomic E-state index is 0.275. The number of amides is 2. The van der Waals surface area contributed by atoms with E-state index in [1.165, 1.54) is 0 Å². The van der Waals surface area contributed by atoms with Crippen molar-refractivity contribution in [1.82, 2.24) is 5.32 Å². The molecule has 6 nitrogen and oxygen atoms in total. The van der Waals surface area contributed by atoms with Crippen molar-refractivity contribution in [1.29, 1.82) is 0 Å². The first-order valence-corrected chi connectivity index (χ1v) is 8.17. The first kappa shape index (κ1) is 19.2. The van der Waals surface area contributed by atoms with Crippen LogP contribution >= 0.6 is 0 Å². The Morgan fingerprint density at radius 3 is 2.46 bits per heavy atom. The highest BCUT2D eigenvalue weighted by Crippen LogP contribution is 2.18. The van der Waals surface area contributed by atoms with Gasteiger partial charge in [-0.1, -0.05) is 18.2 Å². The molecule has 2 N–H and O–H groups in total. The molecule has 0 fully saturated rings. The number of rotatable bonds is 9. The lowest BCUT2D eigenvalue weighted by atomic mass is 10.1. The van der Waals surface area contributed by atoms with E-state index in [9.17, 15) is 9.59 Å². The summed E-state index contributed by atoms with van der Waals surface area (Å²) < 4.78 is 10.4. The van der Waals surface area contributed by atoms with E-state index < -0.39 is 0 Å². The van der Waals surface area contributed by atoms with Gasteiger partial charge in [-0.25, -0.2) is 0 Å². The molecular formula is C20H22N2O4. The average molecular weight is 354 g/mol. The number of hydrogen-bond acceptors (Lipinski definition) is 4. The summed E-state index contributed by atoms with van der Waals surface area (Å²) in [5.41, 5.74) is 1.30. The third kappa shape index (κ3) is 5.46. The zero-order valence-electron chi connectivity index (χ0n) is 14.7. The minimum atomic E-state index is -0.308. The standard InChI is InChI=1S/C20H22N2O4/c1-3-12-21-20(24)17-6-4-5-7-18(17)22-19(23)15-8-10-16(11-9-15)26-14-13-25-2/h3-11H,1,12-14H2,2H3,(H,21,24)(H,22,23). The predicted molar refractivity (Wildman–Crippen MR) is 101 cm³/mol. The zero-order valence-corrected chi connectivity index (χ0v) is 14.7. The maximum Gasteiger partial charge on any atom is 0.255 e. The summed E-state index contributed by atoms with van der Waals surface area (Å²) in [7, 11) is 1.60. The van der Waals surface area contributed by atoms with E-state index in [-0.39, 0.29) is 11.8 Å². The molecule has 0 saturated heterocycles. The maximum atomic E-state index is 12.5. The van der Waals surface area contributed by atoms with Gasteiger partial charge in [0.05, 0.1) is 17.9 Å². The molecule has 0 spiro atoms. The van der Waals surface area contributed by atoms with Crippen LogP contribution in [0.4, 0.5) is 5.69 Å². The van der Waals surface area contributed by atoms with E-state index in [2.05, 4.69) is 17.2 Å². The lowest BCUT2D eigenvalue weighted by molar-refractivity contribution is 0.0959. The molecule has 136 valence electrons. The highest BCUT2D eigenvalue weighted by atomic mass is 16.5. The molecule has 0 saturated carbocycles. The number of methoxy groups -OCH3 is 1. The second kappa shape index (κ2) is 10.0. The minimum Gasteiger partial charge on any atom is -0.491 e. The number of nitrogens with one attached hydrogen (secondary N) is 2. The van der Waals surface area contributed by atoms with Crippen LogP contribution in [0, 0.1) is 0 Å². The molecule has 0 aromatic heterocycles. The molecule has 2 amide bonds. The summed E-state index contributed by atoms with van der Waals surface area (Å²) in [5.74, 6) is 0.0721. The van der Waals surface area contributed by atoms with Crippen molar-refractivity contribution in [3.8, 4) is 5.75 Å². The highest BCUT2D eigenvalue weighted by Gasteiger charge is 2.13. The second-order valence-electron chi connectivity index (χ2n) is 5.36. The van der Waals surface area contributed by atoms with Crippen LogP contribution in [-0.2, 0) is 4.74 Å². The number of hydrogen-bond donors (Lipinski definition) is 2. The van der Waals surface area contributed by atoms with Crippen LogP contribution in [0.15, 0.2) is 61.2 Å². The number of para-hydroxylation sites is 1. The molecule has 0 aliphatic carbocycles. The monoisotopic (exact) mass is 354 g/mol. The Morgan fingerprint density at radius 1 is 1.04 bits per heavy atom. The normalized spacial score (nSPS) is 10.0. The summed E-state index contributed by atoms with van der Waals surface area (Å²) >= 11 is 0. The van der Waals surface area contributed by atoms with Gasteiger partial charge >= 0.3 is 0 Å². The predicted octanol–water partition coefficient (Wildman–Crippen LogP) is 2.88. The van der Waals surface area contributed by atoms with E-state index >= 15 is 0 Å². The Morgan fingerprint density at radius 2 is 1.77 bits per heavy atom. The Kier molecular flexibility index (Phi) is 7.39. The van der Waals surface area contributed by atoms with Crippen molar-refractivity contribution < 1.29 is 19.1 Å². The fourth-order valence-electron chi connectivity index (χ4n) is 2.19. The Balaban J connectivity index is 2.05. The number of carbonyl (C=O) groups is 2. The van der Waals surface area contributed by atoms with E-state index in [1.54, 1.807) is 61.7 Å². The quantitative estimate of drug-likeness (QED) is 0.536. The lowest BCUT2D eigenvalue weighted by Crippen LogP contribution is -2.25. The van der Waals surface area contributed by atoms with Gasteiger partial charge in [0, 0.05) is 19.2 Å². The maximum absolute atomic E-state index is 12.5. The number of anilines is 1. The molecule has 0 unspecified atom stereocenters. The second-order valence-corrected chi connectivity index (χ2v) is 5.36. The van der Waals surface area contributed by atoms with Crippen molar-refractivity contribution in [2.45, 2.75) is 0 Å². The molecule has 0 radical (unpaired) electrons. The number of carbonyl (C=O) groups excluding carboxylic acids is 2. The summed E-state index contributed by atoms with van der Waals surface area (Å²) in [4.78, 5) is 24.6. The summed E-state index contributed by atoms with van der Waals surface area (Å²) in [6.45, 7) is 4.85. The van der Waals surface area contributed by atoms with Gasteiger partial charge in [0.25, 0.3) is 11.8 Å². The fraction of sp³-hybridized carbons (Fsp3) is 0.200. The highest BCUT2D eigenvalue weighted by molar-refractivity contribution is 6.09. The Labute approximate surface area is 152 Å².